The van der Waals surface area contributed by atoms with E-state index < -0.39 is 11.7 Å². The standard InChI is InChI=1S/C50H31F3N2/c51-50(52,53)39-26-29-46-45(31-39)54-49(36-21-18-34(19-22-36)32-10-2-1-3-11-32)55(46)40-27-24-35(25-28-40)47-41-14-6-8-16-43(41)48(44-17-9-7-15-42(44)47)38-23-20-33-12-4-5-13-37(33)30-38/h1-31H. The maximum absolute atomic E-state index is 13.9. The highest BCUT2D eigenvalue weighted by Gasteiger charge is 2.31. The van der Waals surface area contributed by atoms with Crippen molar-refractivity contribution in [3.8, 4) is 50.5 Å². The Kier molecular flexibility index (Phi) is 7.63. The smallest absolute Gasteiger partial charge is 0.292 e. The first-order chi connectivity index (χ1) is 26.9. The molecule has 0 N–H and O–H groups in total. The van der Waals surface area contributed by atoms with Crippen molar-refractivity contribution >= 4 is 43.4 Å². The van der Waals surface area contributed by atoms with Crippen molar-refractivity contribution in [1.29, 1.82) is 0 Å². The van der Waals surface area contributed by atoms with Gasteiger partial charge in [0.1, 0.15) is 5.82 Å². The van der Waals surface area contributed by atoms with Crippen LogP contribution in [0.3, 0.4) is 0 Å². The summed E-state index contributed by atoms with van der Waals surface area (Å²) in [7, 11) is 0. The fraction of sp³-hybridized carbons (Fsp3) is 0.0200. The molecule has 0 bridgehead atoms. The average Bonchev–Trinajstić information content (AvgIpc) is 3.62. The Morgan fingerprint density at radius 3 is 1.55 bits per heavy atom. The quantitative estimate of drug-likeness (QED) is 0.162. The second-order valence-electron chi connectivity index (χ2n) is 13.9. The number of hydrogen-bond donors (Lipinski definition) is 0. The molecular formula is C50H31F3N2. The molecule has 5 heteroatoms. The first-order valence-corrected chi connectivity index (χ1v) is 18.2. The van der Waals surface area contributed by atoms with Gasteiger partial charge in [-0.15, -0.1) is 0 Å². The monoisotopic (exact) mass is 716 g/mol. The van der Waals surface area contributed by atoms with Crippen LogP contribution in [0.2, 0.25) is 0 Å². The van der Waals surface area contributed by atoms with E-state index in [1.165, 1.54) is 22.4 Å². The van der Waals surface area contributed by atoms with Crippen molar-refractivity contribution in [2.75, 3.05) is 0 Å². The lowest BCUT2D eigenvalue weighted by molar-refractivity contribution is -0.137. The van der Waals surface area contributed by atoms with Crippen LogP contribution in [0.1, 0.15) is 5.56 Å². The van der Waals surface area contributed by atoms with Gasteiger partial charge in [-0.3, -0.25) is 4.57 Å². The van der Waals surface area contributed by atoms with Crippen molar-refractivity contribution in [2.24, 2.45) is 0 Å². The van der Waals surface area contributed by atoms with E-state index in [2.05, 4.69) is 103 Å². The van der Waals surface area contributed by atoms with Gasteiger partial charge in [0.25, 0.3) is 0 Å². The van der Waals surface area contributed by atoms with Crippen molar-refractivity contribution < 1.29 is 13.2 Å². The number of benzene rings is 9. The molecule has 262 valence electrons. The lowest BCUT2D eigenvalue weighted by Crippen LogP contribution is -2.04. The Balaban J connectivity index is 1.13. The Bertz CT molecular complexity index is 2990. The summed E-state index contributed by atoms with van der Waals surface area (Å²) in [5.74, 6) is 0.567. The van der Waals surface area contributed by atoms with Crippen LogP contribution in [0.4, 0.5) is 13.2 Å². The minimum Gasteiger partial charge on any atom is -0.292 e. The van der Waals surface area contributed by atoms with E-state index in [4.69, 9.17) is 4.98 Å². The van der Waals surface area contributed by atoms with E-state index in [0.717, 1.165) is 72.7 Å². The fourth-order valence-corrected chi connectivity index (χ4v) is 8.03. The highest BCUT2D eigenvalue weighted by atomic mass is 19.4. The topological polar surface area (TPSA) is 17.8 Å². The highest BCUT2D eigenvalue weighted by molar-refractivity contribution is 6.21. The normalized spacial score (nSPS) is 11.9. The average molecular weight is 717 g/mol. The lowest BCUT2D eigenvalue weighted by Gasteiger charge is -2.18. The van der Waals surface area contributed by atoms with Gasteiger partial charge in [-0.1, -0.05) is 152 Å². The molecule has 0 aliphatic rings. The first-order valence-electron chi connectivity index (χ1n) is 18.2. The van der Waals surface area contributed by atoms with Gasteiger partial charge < -0.3 is 0 Å². The molecule has 0 saturated heterocycles. The summed E-state index contributed by atoms with van der Waals surface area (Å²) < 4.78 is 43.5. The number of rotatable bonds is 5. The molecule has 0 aliphatic carbocycles. The predicted octanol–water partition coefficient (Wildman–Crippen LogP) is 14.2. The third-order valence-corrected chi connectivity index (χ3v) is 10.6. The van der Waals surface area contributed by atoms with Gasteiger partial charge in [-0.05, 0) is 102 Å². The minimum absolute atomic E-state index is 0.280. The number of alkyl halides is 3. The molecule has 2 nitrogen and oxygen atoms in total. The summed E-state index contributed by atoms with van der Waals surface area (Å²) in [6.07, 6.45) is -4.48. The number of imidazole rings is 1. The van der Waals surface area contributed by atoms with Crippen molar-refractivity contribution in [2.45, 2.75) is 6.18 Å². The Morgan fingerprint density at radius 1 is 0.400 bits per heavy atom. The van der Waals surface area contributed by atoms with Crippen molar-refractivity contribution in [1.82, 2.24) is 9.55 Å². The zero-order chi connectivity index (χ0) is 37.1. The number of hydrogen-bond acceptors (Lipinski definition) is 1. The molecule has 0 aliphatic heterocycles. The zero-order valence-corrected chi connectivity index (χ0v) is 29.4. The summed E-state index contributed by atoms with van der Waals surface area (Å²) in [5.41, 5.74) is 8.41. The largest absolute Gasteiger partial charge is 0.416 e. The third-order valence-electron chi connectivity index (χ3n) is 10.6. The number of aromatic nitrogens is 2. The highest BCUT2D eigenvalue weighted by Crippen LogP contribution is 2.44. The van der Waals surface area contributed by atoms with Crippen LogP contribution in [0.15, 0.2) is 188 Å². The number of fused-ring (bicyclic) bond motifs is 4. The van der Waals surface area contributed by atoms with Crippen LogP contribution in [-0.4, -0.2) is 9.55 Å². The van der Waals surface area contributed by atoms with Crippen molar-refractivity contribution in [3.63, 3.8) is 0 Å². The minimum atomic E-state index is -4.48. The van der Waals surface area contributed by atoms with Gasteiger partial charge in [0, 0.05) is 11.3 Å². The van der Waals surface area contributed by atoms with Gasteiger partial charge in [-0.25, -0.2) is 4.98 Å². The van der Waals surface area contributed by atoms with Gasteiger partial charge in [0.2, 0.25) is 0 Å². The van der Waals surface area contributed by atoms with Crippen LogP contribution < -0.4 is 0 Å². The van der Waals surface area contributed by atoms with E-state index in [-0.39, 0.29) is 5.52 Å². The van der Waals surface area contributed by atoms with Crippen LogP contribution in [0, 0.1) is 0 Å². The molecule has 0 fully saturated rings. The van der Waals surface area contributed by atoms with Gasteiger partial charge >= 0.3 is 6.18 Å². The SMILES string of the molecule is FC(F)(F)c1ccc2c(c1)nc(-c1ccc(-c3ccccc3)cc1)n2-c1ccc(-c2c3ccccc3c(-c3ccc4ccccc4c3)c3ccccc23)cc1. The van der Waals surface area contributed by atoms with Gasteiger partial charge in [-0.2, -0.15) is 13.2 Å². The van der Waals surface area contributed by atoms with Crippen LogP contribution in [-0.2, 0) is 6.18 Å². The first kappa shape index (κ1) is 32.7. The van der Waals surface area contributed by atoms with Crippen molar-refractivity contribution in [3.05, 3.63) is 194 Å². The van der Waals surface area contributed by atoms with E-state index in [1.807, 2.05) is 71.3 Å². The molecule has 9 aromatic carbocycles. The molecule has 0 saturated carbocycles. The van der Waals surface area contributed by atoms with Crippen LogP contribution in [0.5, 0.6) is 0 Å². The molecule has 0 spiro atoms. The van der Waals surface area contributed by atoms with Crippen LogP contribution in [0.25, 0.3) is 93.8 Å². The summed E-state index contributed by atoms with van der Waals surface area (Å²) >= 11 is 0. The zero-order valence-electron chi connectivity index (χ0n) is 29.4. The lowest BCUT2D eigenvalue weighted by atomic mass is 9.85. The molecule has 55 heavy (non-hydrogen) atoms. The van der Waals surface area contributed by atoms with Gasteiger partial charge in [0.05, 0.1) is 16.6 Å². The molecule has 10 aromatic rings. The molecule has 10 rings (SSSR count). The van der Waals surface area contributed by atoms with Gasteiger partial charge in [0.15, 0.2) is 0 Å². The van der Waals surface area contributed by atoms with E-state index >= 15 is 0 Å². The van der Waals surface area contributed by atoms with E-state index in [0.29, 0.717) is 11.3 Å². The number of nitrogens with zero attached hydrogens (tertiary/aromatic N) is 2. The molecule has 0 radical (unpaired) electrons. The number of halogens is 3. The predicted molar refractivity (Wildman–Crippen MR) is 220 cm³/mol. The summed E-state index contributed by atoms with van der Waals surface area (Å²) in [6.45, 7) is 0. The van der Waals surface area contributed by atoms with E-state index in [1.54, 1.807) is 0 Å². The molecule has 0 unspecified atom stereocenters. The maximum atomic E-state index is 13.9. The summed E-state index contributed by atoms with van der Waals surface area (Å²) in [6, 6.07) is 62.4. The molecular weight excluding hydrogens is 686 g/mol. The Morgan fingerprint density at radius 2 is 0.909 bits per heavy atom. The second kappa shape index (κ2) is 12.9. The molecule has 0 amide bonds. The second-order valence-corrected chi connectivity index (χ2v) is 13.9. The summed E-state index contributed by atoms with van der Waals surface area (Å²) in [4.78, 5) is 4.82. The Hall–Kier alpha value is -6.98. The van der Waals surface area contributed by atoms with E-state index in [9.17, 15) is 13.2 Å². The summed E-state index contributed by atoms with van der Waals surface area (Å²) in [5, 5.41) is 7.01. The third kappa shape index (κ3) is 5.64. The molecule has 1 aromatic heterocycles. The fourth-order valence-electron chi connectivity index (χ4n) is 8.03. The maximum Gasteiger partial charge on any atom is 0.416 e. The molecule has 1 heterocycles. The molecule has 0 atom stereocenters. The Labute approximate surface area is 315 Å². The van der Waals surface area contributed by atoms with Crippen LogP contribution >= 0.6 is 0 Å².